The Balaban J connectivity index is 2.64. The second kappa shape index (κ2) is 5.81. The molecular formula is C12H21N3. The van der Waals surface area contributed by atoms with Crippen molar-refractivity contribution in [2.45, 2.75) is 52.0 Å². The molecule has 0 aliphatic rings. The summed E-state index contributed by atoms with van der Waals surface area (Å²) in [6.07, 6.45) is 6.76. The molecule has 0 saturated carbocycles. The van der Waals surface area contributed by atoms with E-state index in [4.69, 9.17) is 5.73 Å². The van der Waals surface area contributed by atoms with Crippen LogP contribution in [0.25, 0.3) is 0 Å². The summed E-state index contributed by atoms with van der Waals surface area (Å²) in [6, 6.07) is 0.225. The van der Waals surface area contributed by atoms with E-state index in [1.807, 2.05) is 12.4 Å². The van der Waals surface area contributed by atoms with Gasteiger partial charge in [-0.3, -0.25) is 0 Å². The Labute approximate surface area is 92.1 Å². The van der Waals surface area contributed by atoms with Gasteiger partial charge in [-0.2, -0.15) is 0 Å². The third kappa shape index (κ3) is 3.59. The molecule has 1 aromatic heterocycles. The van der Waals surface area contributed by atoms with Gasteiger partial charge in [0, 0.05) is 24.4 Å². The summed E-state index contributed by atoms with van der Waals surface area (Å²) in [5.41, 5.74) is 7.01. The fourth-order valence-corrected chi connectivity index (χ4v) is 1.35. The quantitative estimate of drug-likeness (QED) is 0.805. The van der Waals surface area contributed by atoms with Crippen LogP contribution in [0.5, 0.6) is 0 Å². The second-order valence-corrected chi connectivity index (χ2v) is 4.13. The van der Waals surface area contributed by atoms with Gasteiger partial charge in [0.05, 0.1) is 0 Å². The first-order valence-electron chi connectivity index (χ1n) is 5.73. The van der Waals surface area contributed by atoms with E-state index < -0.39 is 0 Å². The first-order chi connectivity index (χ1) is 7.17. The summed E-state index contributed by atoms with van der Waals surface area (Å²) in [5, 5.41) is 0. The van der Waals surface area contributed by atoms with Gasteiger partial charge in [0.1, 0.15) is 5.82 Å². The van der Waals surface area contributed by atoms with Gasteiger partial charge in [0.25, 0.3) is 0 Å². The van der Waals surface area contributed by atoms with Crippen LogP contribution in [0.4, 0.5) is 0 Å². The first kappa shape index (κ1) is 12.1. The minimum Gasteiger partial charge on any atom is -0.327 e. The molecule has 0 bridgehead atoms. The third-order valence-electron chi connectivity index (χ3n) is 2.80. The molecule has 0 spiro atoms. The third-order valence-corrected chi connectivity index (χ3v) is 2.80. The molecule has 1 rings (SSSR count). The van der Waals surface area contributed by atoms with Crippen LogP contribution < -0.4 is 5.73 Å². The van der Waals surface area contributed by atoms with Gasteiger partial charge in [-0.1, -0.05) is 20.8 Å². The lowest BCUT2D eigenvalue weighted by atomic mass is 10.1. The van der Waals surface area contributed by atoms with Gasteiger partial charge in [-0.15, -0.1) is 0 Å². The molecule has 0 aliphatic heterocycles. The normalized spacial score (nSPS) is 14.9. The van der Waals surface area contributed by atoms with Crippen molar-refractivity contribution in [3.8, 4) is 0 Å². The van der Waals surface area contributed by atoms with Crippen molar-refractivity contribution in [3.63, 3.8) is 0 Å². The van der Waals surface area contributed by atoms with Crippen molar-refractivity contribution < 1.29 is 0 Å². The molecule has 0 aromatic carbocycles. The van der Waals surface area contributed by atoms with Crippen molar-refractivity contribution in [1.82, 2.24) is 9.97 Å². The number of hydrogen-bond acceptors (Lipinski definition) is 3. The van der Waals surface area contributed by atoms with E-state index in [9.17, 15) is 0 Å². The Morgan fingerprint density at radius 1 is 1.20 bits per heavy atom. The van der Waals surface area contributed by atoms with Crippen molar-refractivity contribution in [2.75, 3.05) is 0 Å². The summed E-state index contributed by atoms with van der Waals surface area (Å²) >= 11 is 0. The highest BCUT2D eigenvalue weighted by Gasteiger charge is 2.07. The van der Waals surface area contributed by atoms with Gasteiger partial charge in [-0.05, 0) is 24.8 Å². The van der Waals surface area contributed by atoms with Gasteiger partial charge >= 0.3 is 0 Å². The average Bonchev–Trinajstić information content (AvgIpc) is 2.29. The average molecular weight is 207 g/mol. The zero-order valence-corrected chi connectivity index (χ0v) is 9.90. The Hall–Kier alpha value is -0.960. The van der Waals surface area contributed by atoms with Crippen LogP contribution in [0.15, 0.2) is 12.4 Å². The predicted octanol–water partition coefficient (Wildman–Crippen LogP) is 2.27. The summed E-state index contributed by atoms with van der Waals surface area (Å²) < 4.78 is 0. The molecule has 2 N–H and O–H groups in total. The second-order valence-electron chi connectivity index (χ2n) is 4.13. The molecule has 1 aromatic rings. The molecule has 2 atom stereocenters. The van der Waals surface area contributed by atoms with Crippen molar-refractivity contribution in [1.29, 1.82) is 0 Å². The molecule has 0 amide bonds. The van der Waals surface area contributed by atoms with Gasteiger partial charge < -0.3 is 5.73 Å². The fraction of sp³-hybridized carbons (Fsp3) is 0.667. The lowest BCUT2D eigenvalue weighted by molar-refractivity contribution is 0.635. The standard InChI is InChI=1S/C12H21N3/c1-4-9(3)12-14-7-10(8-15-12)6-11(13)5-2/h7-9,11H,4-6,13H2,1-3H3. The molecule has 84 valence electrons. The maximum atomic E-state index is 5.87. The lowest BCUT2D eigenvalue weighted by Crippen LogP contribution is -2.21. The number of aromatic nitrogens is 2. The molecule has 0 saturated heterocycles. The summed E-state index contributed by atoms with van der Waals surface area (Å²) in [6.45, 7) is 6.39. The van der Waals surface area contributed by atoms with E-state index in [2.05, 4.69) is 30.7 Å². The Kier molecular flexibility index (Phi) is 4.69. The molecule has 2 unspecified atom stereocenters. The SMILES string of the molecule is CCC(N)Cc1cnc(C(C)CC)nc1. The molecular weight excluding hydrogens is 186 g/mol. The molecule has 3 nitrogen and oxygen atoms in total. The van der Waals surface area contributed by atoms with E-state index in [1.165, 1.54) is 0 Å². The Morgan fingerprint density at radius 3 is 2.27 bits per heavy atom. The van der Waals surface area contributed by atoms with Crippen LogP contribution in [-0.4, -0.2) is 16.0 Å². The van der Waals surface area contributed by atoms with Crippen molar-refractivity contribution in [2.24, 2.45) is 5.73 Å². The maximum absolute atomic E-state index is 5.87. The highest BCUT2D eigenvalue weighted by molar-refractivity contribution is 5.08. The molecule has 15 heavy (non-hydrogen) atoms. The molecule has 0 radical (unpaired) electrons. The van der Waals surface area contributed by atoms with Crippen LogP contribution >= 0.6 is 0 Å². The van der Waals surface area contributed by atoms with E-state index in [0.29, 0.717) is 5.92 Å². The fourth-order valence-electron chi connectivity index (χ4n) is 1.35. The smallest absolute Gasteiger partial charge is 0.131 e. The predicted molar refractivity (Wildman–Crippen MR) is 62.7 cm³/mol. The summed E-state index contributed by atoms with van der Waals surface area (Å²) in [5.74, 6) is 1.38. The maximum Gasteiger partial charge on any atom is 0.131 e. The minimum atomic E-state index is 0.225. The van der Waals surface area contributed by atoms with Crippen LogP contribution in [0.3, 0.4) is 0 Å². The van der Waals surface area contributed by atoms with Gasteiger partial charge in [0.15, 0.2) is 0 Å². The van der Waals surface area contributed by atoms with Gasteiger partial charge in [-0.25, -0.2) is 9.97 Å². The number of nitrogens with two attached hydrogens (primary N) is 1. The largest absolute Gasteiger partial charge is 0.327 e. The van der Waals surface area contributed by atoms with Crippen LogP contribution in [-0.2, 0) is 6.42 Å². The monoisotopic (exact) mass is 207 g/mol. The number of hydrogen-bond donors (Lipinski definition) is 1. The van der Waals surface area contributed by atoms with E-state index in [1.54, 1.807) is 0 Å². The Bertz CT molecular complexity index is 281. The summed E-state index contributed by atoms with van der Waals surface area (Å²) in [4.78, 5) is 8.74. The van der Waals surface area contributed by atoms with Gasteiger partial charge in [0.2, 0.25) is 0 Å². The van der Waals surface area contributed by atoms with Crippen molar-refractivity contribution in [3.05, 3.63) is 23.8 Å². The lowest BCUT2D eigenvalue weighted by Gasteiger charge is -2.10. The summed E-state index contributed by atoms with van der Waals surface area (Å²) in [7, 11) is 0. The first-order valence-corrected chi connectivity index (χ1v) is 5.73. The van der Waals surface area contributed by atoms with E-state index in [-0.39, 0.29) is 6.04 Å². The highest BCUT2D eigenvalue weighted by atomic mass is 14.9. The topological polar surface area (TPSA) is 51.8 Å². The zero-order valence-electron chi connectivity index (χ0n) is 9.90. The molecule has 1 heterocycles. The Morgan fingerprint density at radius 2 is 1.80 bits per heavy atom. The molecule has 0 aliphatic carbocycles. The van der Waals surface area contributed by atoms with Crippen LogP contribution in [0.1, 0.15) is 50.9 Å². The minimum absolute atomic E-state index is 0.225. The van der Waals surface area contributed by atoms with E-state index >= 15 is 0 Å². The number of rotatable bonds is 5. The van der Waals surface area contributed by atoms with Crippen LogP contribution in [0.2, 0.25) is 0 Å². The highest BCUT2D eigenvalue weighted by Crippen LogP contribution is 2.13. The zero-order chi connectivity index (χ0) is 11.3. The van der Waals surface area contributed by atoms with E-state index in [0.717, 1.165) is 30.7 Å². The molecule has 0 fully saturated rings. The van der Waals surface area contributed by atoms with Crippen LogP contribution in [0, 0.1) is 0 Å². The van der Waals surface area contributed by atoms with Crippen molar-refractivity contribution >= 4 is 0 Å². The number of nitrogens with zero attached hydrogens (tertiary/aromatic N) is 2. The molecule has 3 heteroatoms.